The van der Waals surface area contributed by atoms with Crippen LogP contribution in [0.1, 0.15) is 88.0 Å². The molecular weight excluding hydrogens is 444 g/mol. The molecule has 0 atom stereocenters. The smallest absolute Gasteiger partial charge is 0.189 e. The number of phenols is 2. The second-order valence-corrected chi connectivity index (χ2v) is 11.9. The van der Waals surface area contributed by atoms with Gasteiger partial charge in [-0.15, -0.1) is 0 Å². The Labute approximate surface area is 209 Å². The molecule has 0 heterocycles. The van der Waals surface area contributed by atoms with Gasteiger partial charge < -0.3 is 14.9 Å². The van der Waals surface area contributed by atoms with Crippen LogP contribution in [0.3, 0.4) is 0 Å². The molecule has 0 aromatic heterocycles. The van der Waals surface area contributed by atoms with Crippen molar-refractivity contribution in [2.45, 2.75) is 72.6 Å². The summed E-state index contributed by atoms with van der Waals surface area (Å²) in [5.74, 6) is -0.0613. The lowest BCUT2D eigenvalue weighted by molar-refractivity contribution is 0.104. The van der Waals surface area contributed by atoms with Crippen molar-refractivity contribution >= 4 is 29.1 Å². The first-order valence-corrected chi connectivity index (χ1v) is 11.9. The van der Waals surface area contributed by atoms with Gasteiger partial charge in [-0.2, -0.15) is 0 Å². The molecule has 2 aromatic rings. The number of carbonyl (C=O) groups is 1. The predicted molar refractivity (Wildman–Crippen MR) is 144 cm³/mol. The molecule has 0 aliphatic heterocycles. The van der Waals surface area contributed by atoms with Crippen LogP contribution in [0.15, 0.2) is 36.4 Å². The summed E-state index contributed by atoms with van der Waals surface area (Å²) in [5.41, 5.74) is 2.69. The summed E-state index contributed by atoms with van der Waals surface area (Å²) in [6.45, 7) is 16.3. The molecule has 0 unspecified atom stereocenters. The molecule has 4 nitrogen and oxygen atoms in total. The quantitative estimate of drug-likeness (QED) is 0.260. The highest BCUT2D eigenvalue weighted by atomic mass is 32.1. The summed E-state index contributed by atoms with van der Waals surface area (Å²) < 4.78 is 5.21. The van der Waals surface area contributed by atoms with Crippen molar-refractivity contribution in [2.75, 3.05) is 7.11 Å². The van der Waals surface area contributed by atoms with Gasteiger partial charge in [0.1, 0.15) is 11.5 Å². The van der Waals surface area contributed by atoms with E-state index in [9.17, 15) is 15.0 Å². The fourth-order valence-electron chi connectivity index (χ4n) is 3.91. The third kappa shape index (κ3) is 6.47. The zero-order valence-electron chi connectivity index (χ0n) is 21.9. The number of methoxy groups -OCH3 is 1. The number of carbonyl (C=O) groups excluding carboxylic acids is 1. The molecule has 0 aliphatic rings. The summed E-state index contributed by atoms with van der Waals surface area (Å²) in [4.78, 5) is 12.9. The second kappa shape index (κ2) is 9.91. The molecular formula is C29H38O4S. The number of thiocarbonyl (C=S) groups is 1. The molecule has 0 saturated carbocycles. The van der Waals surface area contributed by atoms with E-state index in [1.165, 1.54) is 6.08 Å². The van der Waals surface area contributed by atoms with Gasteiger partial charge in [0.15, 0.2) is 10.8 Å². The van der Waals surface area contributed by atoms with E-state index in [1.807, 2.05) is 73.6 Å². The zero-order valence-corrected chi connectivity index (χ0v) is 22.7. The van der Waals surface area contributed by atoms with Crippen molar-refractivity contribution in [1.29, 1.82) is 0 Å². The molecule has 2 rings (SSSR count). The standard InChI is InChI=1S/C29H38O4S/c1-27(2,3)21-14-18(15-22(25(21)32)28(4,5)6)11-13-23(30)20-12-10-19(16-24(20)31)17-29(7,8)26(34)33-9/h10-16,31-32H,17H2,1-9H3/b13-11+. The fraction of sp³-hybridized carbons (Fsp3) is 0.448. The summed E-state index contributed by atoms with van der Waals surface area (Å²) in [5, 5.41) is 21.9. The van der Waals surface area contributed by atoms with Crippen LogP contribution in [0.4, 0.5) is 0 Å². The SMILES string of the molecule is COC(=S)C(C)(C)Cc1ccc(C(=O)/C=C/c2cc(C(C)(C)C)c(O)c(C(C)(C)C)c2)c(O)c1. The number of hydrogen-bond donors (Lipinski definition) is 2. The second-order valence-electron chi connectivity index (χ2n) is 11.6. The monoisotopic (exact) mass is 482 g/mol. The Morgan fingerprint density at radius 1 is 0.941 bits per heavy atom. The Hall–Kier alpha value is -2.66. The Balaban J connectivity index is 2.37. The number of phenolic OH excluding ortho intramolecular Hbond substituents is 2. The molecule has 2 aromatic carbocycles. The lowest BCUT2D eigenvalue weighted by Crippen LogP contribution is -2.26. The van der Waals surface area contributed by atoms with Crippen LogP contribution < -0.4 is 0 Å². The highest BCUT2D eigenvalue weighted by molar-refractivity contribution is 7.80. The van der Waals surface area contributed by atoms with Gasteiger partial charge in [-0.25, -0.2) is 0 Å². The maximum Gasteiger partial charge on any atom is 0.189 e. The van der Waals surface area contributed by atoms with E-state index in [0.29, 0.717) is 17.2 Å². The molecule has 0 fully saturated rings. The minimum Gasteiger partial charge on any atom is -0.507 e. The van der Waals surface area contributed by atoms with Gasteiger partial charge in [0.05, 0.1) is 12.7 Å². The Morgan fingerprint density at radius 3 is 1.91 bits per heavy atom. The van der Waals surface area contributed by atoms with E-state index < -0.39 is 0 Å². The normalized spacial score (nSPS) is 12.7. The lowest BCUT2D eigenvalue weighted by Gasteiger charge is -2.27. The number of ether oxygens (including phenoxy) is 1. The van der Waals surface area contributed by atoms with E-state index >= 15 is 0 Å². The summed E-state index contributed by atoms with van der Waals surface area (Å²) in [7, 11) is 1.55. The topological polar surface area (TPSA) is 66.8 Å². The number of ketones is 1. The molecule has 0 amide bonds. The minimum atomic E-state index is -0.379. The van der Waals surface area contributed by atoms with Crippen LogP contribution in [-0.4, -0.2) is 28.2 Å². The first kappa shape index (κ1) is 27.6. The fourth-order valence-corrected chi connectivity index (χ4v) is 3.98. The van der Waals surface area contributed by atoms with Crippen LogP contribution in [0.25, 0.3) is 6.08 Å². The molecule has 0 bridgehead atoms. The average Bonchev–Trinajstić information content (AvgIpc) is 2.70. The first-order valence-electron chi connectivity index (χ1n) is 11.5. The molecule has 0 aliphatic carbocycles. The highest BCUT2D eigenvalue weighted by Gasteiger charge is 2.27. The van der Waals surface area contributed by atoms with Gasteiger partial charge in [-0.05, 0) is 70.9 Å². The molecule has 0 radical (unpaired) electrons. The summed E-state index contributed by atoms with van der Waals surface area (Å²) in [6.07, 6.45) is 3.78. The first-order chi connectivity index (χ1) is 15.5. The molecule has 2 N–H and O–H groups in total. The van der Waals surface area contributed by atoms with Crippen molar-refractivity contribution in [3.05, 3.63) is 64.2 Å². The maximum absolute atomic E-state index is 12.9. The molecule has 5 heteroatoms. The van der Waals surface area contributed by atoms with Crippen LogP contribution in [0.5, 0.6) is 11.5 Å². The minimum absolute atomic E-state index is 0.0669. The maximum atomic E-state index is 12.9. The van der Waals surface area contributed by atoms with Gasteiger partial charge in [0.25, 0.3) is 0 Å². The van der Waals surface area contributed by atoms with Crippen molar-refractivity contribution in [3.63, 3.8) is 0 Å². The number of benzene rings is 2. The van der Waals surface area contributed by atoms with Gasteiger partial charge in [0.2, 0.25) is 0 Å². The zero-order chi connectivity index (χ0) is 26.1. The van der Waals surface area contributed by atoms with Crippen molar-refractivity contribution in [1.82, 2.24) is 0 Å². The number of rotatable bonds is 6. The Kier molecular flexibility index (Phi) is 8.04. The third-order valence-electron chi connectivity index (χ3n) is 5.89. The van der Waals surface area contributed by atoms with Gasteiger partial charge in [-0.3, -0.25) is 4.79 Å². The van der Waals surface area contributed by atoms with Crippen molar-refractivity contribution < 1.29 is 19.7 Å². The van der Waals surface area contributed by atoms with Crippen molar-refractivity contribution in [3.8, 4) is 11.5 Å². The van der Waals surface area contributed by atoms with Crippen LogP contribution in [0.2, 0.25) is 0 Å². The van der Waals surface area contributed by atoms with Crippen LogP contribution in [-0.2, 0) is 22.0 Å². The van der Waals surface area contributed by atoms with E-state index in [1.54, 1.807) is 25.3 Å². The van der Waals surface area contributed by atoms with E-state index in [-0.39, 0.29) is 33.3 Å². The number of allylic oxidation sites excluding steroid dienone is 1. The molecule has 34 heavy (non-hydrogen) atoms. The predicted octanol–water partition coefficient (Wildman–Crippen LogP) is 7.13. The van der Waals surface area contributed by atoms with Gasteiger partial charge >= 0.3 is 0 Å². The van der Waals surface area contributed by atoms with Crippen molar-refractivity contribution in [2.24, 2.45) is 5.41 Å². The largest absolute Gasteiger partial charge is 0.507 e. The third-order valence-corrected chi connectivity index (χ3v) is 6.61. The van der Waals surface area contributed by atoms with E-state index in [4.69, 9.17) is 17.0 Å². The lowest BCUT2D eigenvalue weighted by atomic mass is 9.78. The van der Waals surface area contributed by atoms with E-state index in [0.717, 1.165) is 22.3 Å². The number of aromatic hydroxyl groups is 2. The average molecular weight is 483 g/mol. The van der Waals surface area contributed by atoms with E-state index in [2.05, 4.69) is 0 Å². The summed E-state index contributed by atoms with van der Waals surface area (Å²) >= 11 is 5.28. The highest BCUT2D eigenvalue weighted by Crippen LogP contribution is 2.40. The Bertz CT molecular complexity index is 1080. The van der Waals surface area contributed by atoms with Gasteiger partial charge in [-0.1, -0.05) is 67.5 Å². The molecule has 0 spiro atoms. The van der Waals surface area contributed by atoms with Gasteiger partial charge in [0, 0.05) is 16.5 Å². The molecule has 0 saturated heterocycles. The Morgan fingerprint density at radius 2 is 1.47 bits per heavy atom. The molecule has 184 valence electrons. The van der Waals surface area contributed by atoms with Crippen LogP contribution >= 0.6 is 12.2 Å². The summed E-state index contributed by atoms with van der Waals surface area (Å²) in [6, 6.07) is 8.91. The number of hydrogen-bond acceptors (Lipinski definition) is 5. The van der Waals surface area contributed by atoms with Crippen LogP contribution in [0, 0.1) is 5.41 Å².